The molecule has 0 amide bonds. The molecule has 0 fully saturated rings. The number of aromatic nitrogens is 1. The highest BCUT2D eigenvalue weighted by molar-refractivity contribution is 5.88. The van der Waals surface area contributed by atoms with Crippen molar-refractivity contribution in [3.8, 4) is 28.5 Å². The molecule has 0 aliphatic heterocycles. The summed E-state index contributed by atoms with van der Waals surface area (Å²) in [7, 11) is 3.27. The first-order valence-electron chi connectivity index (χ1n) is 6.25. The number of hydrogen-bond acceptors (Lipinski definition) is 3. The van der Waals surface area contributed by atoms with Crippen LogP contribution < -0.4 is 9.47 Å². The number of hydrogen-bond donors (Lipinski definition) is 2. The van der Waals surface area contributed by atoms with Gasteiger partial charge in [0.05, 0.1) is 19.9 Å². The zero-order valence-corrected chi connectivity index (χ0v) is 11.3. The second kappa shape index (κ2) is 4.81. The topological polar surface area (TPSA) is 54.5 Å². The number of H-pyrrole nitrogens is 1. The van der Waals surface area contributed by atoms with Crippen molar-refractivity contribution < 1.29 is 14.6 Å². The number of benzene rings is 2. The molecule has 0 saturated heterocycles. The van der Waals surface area contributed by atoms with Gasteiger partial charge in [-0.05, 0) is 36.4 Å². The van der Waals surface area contributed by atoms with Crippen LogP contribution in [0.25, 0.3) is 22.2 Å². The normalized spacial score (nSPS) is 10.7. The van der Waals surface area contributed by atoms with Gasteiger partial charge in [-0.15, -0.1) is 0 Å². The fourth-order valence-corrected chi connectivity index (χ4v) is 2.28. The number of aromatic hydroxyl groups is 1. The monoisotopic (exact) mass is 269 g/mol. The summed E-state index contributed by atoms with van der Waals surface area (Å²) in [5.41, 5.74) is 2.72. The van der Waals surface area contributed by atoms with Crippen LogP contribution in [0.2, 0.25) is 0 Å². The summed E-state index contributed by atoms with van der Waals surface area (Å²) in [4.78, 5) is 3.28. The molecule has 3 aromatic rings. The molecule has 0 atom stereocenters. The standard InChI is InChI=1S/C16H15NO3/c1-19-12-5-6-16(20-2)13(9-12)15-7-10-3-4-11(18)8-14(10)17-15/h3-9,17-18H,1-2H3. The maximum absolute atomic E-state index is 9.53. The van der Waals surface area contributed by atoms with Gasteiger partial charge in [-0.2, -0.15) is 0 Å². The minimum absolute atomic E-state index is 0.239. The maximum Gasteiger partial charge on any atom is 0.128 e. The molecule has 4 nitrogen and oxygen atoms in total. The quantitative estimate of drug-likeness (QED) is 0.764. The highest BCUT2D eigenvalue weighted by atomic mass is 16.5. The van der Waals surface area contributed by atoms with Crippen molar-refractivity contribution in [2.75, 3.05) is 14.2 Å². The van der Waals surface area contributed by atoms with E-state index in [1.807, 2.05) is 30.3 Å². The van der Waals surface area contributed by atoms with Gasteiger partial charge < -0.3 is 19.6 Å². The second-order valence-corrected chi connectivity index (χ2v) is 4.52. The van der Waals surface area contributed by atoms with Crippen molar-refractivity contribution in [1.82, 2.24) is 4.98 Å². The van der Waals surface area contributed by atoms with Crippen molar-refractivity contribution >= 4 is 10.9 Å². The molecule has 0 radical (unpaired) electrons. The smallest absolute Gasteiger partial charge is 0.128 e. The van der Waals surface area contributed by atoms with Crippen molar-refractivity contribution in [2.45, 2.75) is 0 Å². The Morgan fingerprint density at radius 3 is 2.55 bits per heavy atom. The van der Waals surface area contributed by atoms with Crippen LogP contribution in [0.4, 0.5) is 0 Å². The number of phenolic OH excluding ortho intramolecular Hbond substituents is 1. The van der Waals surface area contributed by atoms with E-state index in [4.69, 9.17) is 9.47 Å². The first-order chi connectivity index (χ1) is 9.71. The zero-order chi connectivity index (χ0) is 14.1. The SMILES string of the molecule is COc1ccc(OC)c(-c2cc3ccc(O)cc3[nH]2)c1. The minimum Gasteiger partial charge on any atom is -0.508 e. The number of rotatable bonds is 3. The van der Waals surface area contributed by atoms with Crippen LogP contribution in [0.3, 0.4) is 0 Å². The second-order valence-electron chi connectivity index (χ2n) is 4.52. The van der Waals surface area contributed by atoms with E-state index in [-0.39, 0.29) is 5.75 Å². The molecule has 4 heteroatoms. The maximum atomic E-state index is 9.53. The predicted molar refractivity (Wildman–Crippen MR) is 78.5 cm³/mol. The number of aromatic amines is 1. The fraction of sp³-hybridized carbons (Fsp3) is 0.125. The number of phenols is 1. The molecule has 1 heterocycles. The van der Waals surface area contributed by atoms with Gasteiger partial charge in [0.15, 0.2) is 0 Å². The fourth-order valence-electron chi connectivity index (χ4n) is 2.28. The number of ether oxygens (including phenoxy) is 2. The van der Waals surface area contributed by atoms with Gasteiger partial charge in [-0.25, -0.2) is 0 Å². The van der Waals surface area contributed by atoms with E-state index in [1.54, 1.807) is 26.4 Å². The molecule has 2 aromatic carbocycles. The van der Waals surface area contributed by atoms with E-state index in [0.29, 0.717) is 0 Å². The molecule has 102 valence electrons. The molecular weight excluding hydrogens is 254 g/mol. The lowest BCUT2D eigenvalue weighted by atomic mass is 10.1. The lowest BCUT2D eigenvalue weighted by molar-refractivity contribution is 0.404. The van der Waals surface area contributed by atoms with Crippen LogP contribution in [0, 0.1) is 0 Å². The van der Waals surface area contributed by atoms with E-state index >= 15 is 0 Å². The van der Waals surface area contributed by atoms with Crippen LogP contribution in [-0.2, 0) is 0 Å². The third-order valence-electron chi connectivity index (χ3n) is 3.30. The van der Waals surface area contributed by atoms with Crippen molar-refractivity contribution in [1.29, 1.82) is 0 Å². The van der Waals surface area contributed by atoms with Crippen LogP contribution in [0.5, 0.6) is 17.2 Å². The molecular formula is C16H15NO3. The van der Waals surface area contributed by atoms with Crippen molar-refractivity contribution in [3.63, 3.8) is 0 Å². The first-order valence-corrected chi connectivity index (χ1v) is 6.25. The number of fused-ring (bicyclic) bond motifs is 1. The summed E-state index contributed by atoms with van der Waals surface area (Å²) >= 11 is 0. The molecule has 0 spiro atoms. The summed E-state index contributed by atoms with van der Waals surface area (Å²) in [6.07, 6.45) is 0. The van der Waals surface area contributed by atoms with Gasteiger partial charge in [-0.3, -0.25) is 0 Å². The average molecular weight is 269 g/mol. The molecule has 0 aliphatic rings. The summed E-state index contributed by atoms with van der Waals surface area (Å²) in [5.74, 6) is 1.77. The van der Waals surface area contributed by atoms with Crippen molar-refractivity contribution in [2.24, 2.45) is 0 Å². The molecule has 2 N–H and O–H groups in total. The van der Waals surface area contributed by atoms with E-state index in [0.717, 1.165) is 33.7 Å². The largest absolute Gasteiger partial charge is 0.508 e. The third-order valence-corrected chi connectivity index (χ3v) is 3.30. The van der Waals surface area contributed by atoms with E-state index < -0.39 is 0 Å². The van der Waals surface area contributed by atoms with Gasteiger partial charge in [0.1, 0.15) is 17.2 Å². The molecule has 0 unspecified atom stereocenters. The zero-order valence-electron chi connectivity index (χ0n) is 11.3. The Morgan fingerprint density at radius 1 is 0.950 bits per heavy atom. The summed E-state index contributed by atoms with van der Waals surface area (Å²) in [6.45, 7) is 0. The molecule has 0 aliphatic carbocycles. The van der Waals surface area contributed by atoms with Gasteiger partial charge in [-0.1, -0.05) is 0 Å². The van der Waals surface area contributed by atoms with Gasteiger partial charge in [0, 0.05) is 22.5 Å². The van der Waals surface area contributed by atoms with Gasteiger partial charge >= 0.3 is 0 Å². The van der Waals surface area contributed by atoms with E-state index in [1.165, 1.54) is 0 Å². The molecule has 20 heavy (non-hydrogen) atoms. The first kappa shape index (κ1) is 12.4. The van der Waals surface area contributed by atoms with Gasteiger partial charge in [0.25, 0.3) is 0 Å². The Bertz CT molecular complexity index is 762. The summed E-state index contributed by atoms with van der Waals surface area (Å²) in [5, 5.41) is 10.6. The predicted octanol–water partition coefficient (Wildman–Crippen LogP) is 3.56. The summed E-state index contributed by atoms with van der Waals surface area (Å²) in [6, 6.07) is 12.9. The lowest BCUT2D eigenvalue weighted by Crippen LogP contribution is -1.90. The van der Waals surface area contributed by atoms with E-state index in [9.17, 15) is 5.11 Å². The number of nitrogens with one attached hydrogen (secondary N) is 1. The summed E-state index contributed by atoms with van der Waals surface area (Å²) < 4.78 is 10.7. The number of methoxy groups -OCH3 is 2. The molecule has 3 rings (SSSR count). The molecule has 0 saturated carbocycles. The molecule has 0 bridgehead atoms. The van der Waals surface area contributed by atoms with Crippen molar-refractivity contribution in [3.05, 3.63) is 42.5 Å². The molecule has 1 aromatic heterocycles. The van der Waals surface area contributed by atoms with Crippen LogP contribution in [0.15, 0.2) is 42.5 Å². The van der Waals surface area contributed by atoms with Crippen LogP contribution in [0.1, 0.15) is 0 Å². The highest BCUT2D eigenvalue weighted by Crippen LogP contribution is 2.35. The van der Waals surface area contributed by atoms with Gasteiger partial charge in [0.2, 0.25) is 0 Å². The Kier molecular flexibility index (Phi) is 2.99. The Balaban J connectivity index is 2.18. The van der Waals surface area contributed by atoms with Crippen LogP contribution >= 0.6 is 0 Å². The Morgan fingerprint density at radius 2 is 1.80 bits per heavy atom. The Labute approximate surface area is 116 Å². The third kappa shape index (κ3) is 2.05. The minimum atomic E-state index is 0.239. The Hall–Kier alpha value is -2.62. The van der Waals surface area contributed by atoms with E-state index in [2.05, 4.69) is 4.98 Å². The lowest BCUT2D eigenvalue weighted by Gasteiger charge is -2.09. The average Bonchev–Trinajstić information content (AvgIpc) is 2.89. The van der Waals surface area contributed by atoms with Crippen LogP contribution in [-0.4, -0.2) is 24.3 Å². The highest BCUT2D eigenvalue weighted by Gasteiger charge is 2.10.